The van der Waals surface area contributed by atoms with Crippen molar-refractivity contribution in [3.05, 3.63) is 161 Å². The molecule has 4 aromatic carbocycles. The van der Waals surface area contributed by atoms with Crippen LogP contribution in [0, 0.1) is 0 Å². The zero-order chi connectivity index (χ0) is 56.0. The number of benzene rings is 4. The summed E-state index contributed by atoms with van der Waals surface area (Å²) in [5.74, 6) is 0.875. The van der Waals surface area contributed by atoms with E-state index in [-0.39, 0.29) is 28.9 Å². The first-order valence-electron chi connectivity index (χ1n) is 27.5. The number of nitrogens with one attached hydrogen (secondary N) is 1. The molecule has 0 atom stereocenters. The number of para-hydroxylation sites is 1. The van der Waals surface area contributed by atoms with E-state index in [1.165, 1.54) is 17.0 Å². The second-order valence-corrected chi connectivity index (χ2v) is 24.7. The van der Waals surface area contributed by atoms with Crippen LogP contribution in [0.15, 0.2) is 155 Å². The fourth-order valence-electron chi connectivity index (χ4n) is 11.7. The molecule has 16 heteroatoms. The van der Waals surface area contributed by atoms with E-state index in [1.54, 1.807) is 18.2 Å². The smallest absolute Gasteiger partial charge is 0.295 e. The number of ether oxygens (including phenoxy) is 1. The number of fused-ring (bicyclic) bond motifs is 4. The fourth-order valence-corrected chi connectivity index (χ4v) is 12.9. The van der Waals surface area contributed by atoms with Gasteiger partial charge in [-0.25, -0.2) is 0 Å². The fraction of sp³-hybridized carbons (Fsp3) is 0.403. The van der Waals surface area contributed by atoms with Crippen molar-refractivity contribution in [1.29, 1.82) is 0 Å². The van der Waals surface area contributed by atoms with Gasteiger partial charge in [-0.2, -0.15) is 21.4 Å². The Morgan fingerprint density at radius 2 is 1.58 bits per heavy atom. The summed E-state index contributed by atoms with van der Waals surface area (Å²) < 4.78 is 78.6. The minimum absolute atomic E-state index is 0.0802. The van der Waals surface area contributed by atoms with Crippen molar-refractivity contribution in [2.24, 2.45) is 0 Å². The van der Waals surface area contributed by atoms with Crippen LogP contribution in [-0.4, -0.2) is 98.0 Å². The first kappa shape index (κ1) is 57.6. The van der Waals surface area contributed by atoms with E-state index in [4.69, 9.17) is 4.74 Å². The first-order chi connectivity index (χ1) is 37.1. The molecule has 4 aliphatic rings. The Balaban J connectivity index is 1.15. The number of rotatable bonds is 24. The van der Waals surface area contributed by atoms with Crippen LogP contribution in [0.3, 0.4) is 0 Å². The highest BCUT2D eigenvalue weighted by Gasteiger charge is 2.46. The molecule has 4 aromatic rings. The molecule has 3 heterocycles. The molecular formula is C62H76N5O9S2+. The number of carbonyl (C=O) groups is 2. The summed E-state index contributed by atoms with van der Waals surface area (Å²) in [5, 5.41) is 4.11. The molecule has 78 heavy (non-hydrogen) atoms. The summed E-state index contributed by atoms with van der Waals surface area (Å²) in [6.45, 7) is 20.5. The molecule has 3 N–H and O–H groups in total. The third kappa shape index (κ3) is 12.8. The topological polar surface area (TPSA) is 177 Å². The molecule has 0 aromatic heterocycles. The highest BCUT2D eigenvalue weighted by molar-refractivity contribution is 7.86. The molecule has 0 radical (unpaired) electrons. The van der Waals surface area contributed by atoms with Crippen molar-refractivity contribution >= 4 is 65.6 Å². The van der Waals surface area contributed by atoms with Crippen molar-refractivity contribution in [2.75, 3.05) is 54.8 Å². The van der Waals surface area contributed by atoms with Gasteiger partial charge in [-0.05, 0) is 148 Å². The minimum atomic E-state index is -4.52. The molecule has 0 spiro atoms. The number of hydrogen-bond acceptors (Lipinski definition) is 9. The van der Waals surface area contributed by atoms with Crippen molar-refractivity contribution in [3.8, 4) is 5.75 Å². The minimum Gasteiger partial charge on any atom is -0.457 e. The molecule has 0 fully saturated rings. The summed E-state index contributed by atoms with van der Waals surface area (Å²) in [7, 11) is -8.69. The molecule has 1 aliphatic carbocycles. The van der Waals surface area contributed by atoms with E-state index in [9.17, 15) is 35.5 Å². The molecule has 3 aliphatic heterocycles. The summed E-state index contributed by atoms with van der Waals surface area (Å²) >= 11 is 0. The Labute approximate surface area is 461 Å². The summed E-state index contributed by atoms with van der Waals surface area (Å²) in [5.41, 5.74) is 8.75. The molecule has 0 saturated heterocycles. The van der Waals surface area contributed by atoms with Crippen molar-refractivity contribution in [2.45, 2.75) is 121 Å². The number of anilines is 2. The van der Waals surface area contributed by atoms with Crippen LogP contribution >= 0.6 is 0 Å². The predicted molar refractivity (Wildman–Crippen MR) is 312 cm³/mol. The van der Waals surface area contributed by atoms with E-state index >= 15 is 0 Å². The van der Waals surface area contributed by atoms with Gasteiger partial charge in [0.25, 0.3) is 26.1 Å². The summed E-state index contributed by atoms with van der Waals surface area (Å²) in [6.07, 6.45) is 18.9. The maximum atomic E-state index is 12.9. The average Bonchev–Trinajstić information content (AvgIpc) is 4.09. The van der Waals surface area contributed by atoms with Crippen molar-refractivity contribution in [3.63, 3.8) is 0 Å². The van der Waals surface area contributed by atoms with Gasteiger partial charge >= 0.3 is 0 Å². The van der Waals surface area contributed by atoms with Gasteiger partial charge in [-0.3, -0.25) is 18.7 Å². The standard InChI is InChI=1S/C62H75N5O9S2/c1-8-37-64(38-9-2)47-29-31-52-51(43-47)61(4,5)55(66(52)40-18-42-77(70,71)72)33-27-45-19-16-20-46(60(45)76-48-21-12-10-13-22-48)28-34-56-62(6,7)59-50-23-17-24-54(78(73,74)75)49(50)30-32-53(59)67(56)39-15-11-14-25-57(68)63-36-41-65-44(3)26-35-58(65)69/h10,12-13,17,21-24,26-35,43H,3,8-9,11,14-16,18-20,25,36-42H2,1-2,4-7H3,(H2-,63,68,70,71,72,73,74,75)/p+1. The molecule has 414 valence electrons. The lowest BCUT2D eigenvalue weighted by Gasteiger charge is -2.27. The molecule has 0 saturated carbocycles. The van der Waals surface area contributed by atoms with Crippen LogP contribution in [0.2, 0.25) is 0 Å². The maximum Gasteiger partial charge on any atom is 0.295 e. The zero-order valence-corrected chi connectivity index (χ0v) is 47.7. The average molecular weight is 1100 g/mol. The van der Waals surface area contributed by atoms with Gasteiger partial charge in [0.15, 0.2) is 5.71 Å². The Morgan fingerprint density at radius 1 is 0.821 bits per heavy atom. The Hall–Kier alpha value is -6.59. The SMILES string of the molecule is C=C1C=CC(=O)N1CCNC(=O)CCCCC[N+]1=C(C=CC2=C(Oc3ccccc3)C(=CC=C3N(CCCS(=O)(=O)O)c4ccc(N(CCC)CCC)cc4C3(C)C)CCC2)C(C)(C)c2c1ccc1c(S(=O)(=O)O)cccc21. The maximum absolute atomic E-state index is 12.9. The van der Waals surface area contributed by atoms with E-state index < -0.39 is 31.1 Å². The van der Waals surface area contributed by atoms with Gasteiger partial charge in [0, 0.05) is 103 Å². The highest BCUT2D eigenvalue weighted by atomic mass is 32.2. The molecule has 14 nitrogen and oxygen atoms in total. The number of carbonyl (C=O) groups excluding carboxylic acids is 2. The summed E-state index contributed by atoms with van der Waals surface area (Å²) in [4.78, 5) is 31.0. The Kier molecular flexibility index (Phi) is 17.9. The normalized spacial score (nSPS) is 18.1. The quantitative estimate of drug-likeness (QED) is 0.0346. The van der Waals surface area contributed by atoms with Gasteiger partial charge in [-0.1, -0.05) is 70.7 Å². The lowest BCUT2D eigenvalue weighted by atomic mass is 9.78. The van der Waals surface area contributed by atoms with Crippen molar-refractivity contribution in [1.82, 2.24) is 10.2 Å². The first-order valence-corrected chi connectivity index (χ1v) is 30.5. The van der Waals surface area contributed by atoms with Gasteiger partial charge in [0.2, 0.25) is 11.6 Å². The van der Waals surface area contributed by atoms with Crippen LogP contribution in [0.4, 0.5) is 17.1 Å². The van der Waals surface area contributed by atoms with Gasteiger partial charge in [0.1, 0.15) is 22.9 Å². The number of hydrogen-bond donors (Lipinski definition) is 3. The van der Waals surface area contributed by atoms with Gasteiger partial charge < -0.3 is 24.8 Å². The van der Waals surface area contributed by atoms with Crippen molar-refractivity contribution < 1.29 is 44.8 Å². The summed E-state index contributed by atoms with van der Waals surface area (Å²) in [6, 6.07) is 25.1. The molecular weight excluding hydrogens is 1020 g/mol. The van der Waals surface area contributed by atoms with E-state index in [2.05, 4.69) is 110 Å². The van der Waals surface area contributed by atoms with Gasteiger partial charge in [0.05, 0.1) is 11.2 Å². The second-order valence-electron chi connectivity index (χ2n) is 21.7. The number of allylic oxidation sites excluding steroid dienone is 8. The molecule has 8 rings (SSSR count). The van der Waals surface area contributed by atoms with E-state index in [0.717, 1.165) is 120 Å². The second kappa shape index (κ2) is 24.2. The molecule has 0 bridgehead atoms. The largest absolute Gasteiger partial charge is 0.457 e. The van der Waals surface area contributed by atoms with Crippen LogP contribution in [0.5, 0.6) is 5.75 Å². The third-order valence-electron chi connectivity index (χ3n) is 15.4. The molecule has 2 amide bonds. The van der Waals surface area contributed by atoms with Crippen LogP contribution in [0.1, 0.15) is 117 Å². The van der Waals surface area contributed by atoms with Gasteiger partial charge in [-0.15, -0.1) is 0 Å². The van der Waals surface area contributed by atoms with E-state index in [0.29, 0.717) is 55.9 Å². The molecule has 0 unspecified atom stereocenters. The monoisotopic (exact) mass is 1100 g/mol. The van der Waals surface area contributed by atoms with E-state index in [1.807, 2.05) is 42.5 Å². The Bertz CT molecular complexity index is 3360. The number of unbranched alkanes of at least 4 members (excludes halogenated alkanes) is 2. The van der Waals surface area contributed by atoms with Crippen LogP contribution < -0.4 is 19.9 Å². The third-order valence-corrected chi connectivity index (χ3v) is 17.1. The highest BCUT2D eigenvalue weighted by Crippen LogP contribution is 2.50. The van der Waals surface area contributed by atoms with Crippen LogP contribution in [0.25, 0.3) is 10.8 Å². The van der Waals surface area contributed by atoms with Crippen LogP contribution in [-0.2, 0) is 40.7 Å². The predicted octanol–water partition coefficient (Wildman–Crippen LogP) is 11.6. The number of nitrogens with zero attached hydrogens (tertiary/aromatic N) is 4. The Morgan fingerprint density at radius 3 is 2.27 bits per heavy atom. The number of amides is 2. The lowest BCUT2D eigenvalue weighted by molar-refractivity contribution is -0.438. The zero-order valence-electron chi connectivity index (χ0n) is 46.1. The lowest BCUT2D eigenvalue weighted by Crippen LogP contribution is -2.34.